The van der Waals surface area contributed by atoms with Gasteiger partial charge < -0.3 is 20.5 Å². The molecule has 1 heterocycles. The predicted molar refractivity (Wildman–Crippen MR) is 59.5 cm³/mol. The highest BCUT2D eigenvalue weighted by molar-refractivity contribution is 5.97. The van der Waals surface area contributed by atoms with Crippen LogP contribution in [-0.4, -0.2) is 26.1 Å². The Hall–Kier alpha value is -2.50. The van der Waals surface area contributed by atoms with Crippen LogP contribution in [0.1, 0.15) is 16.1 Å². The fourth-order valence-corrected chi connectivity index (χ4v) is 1.36. The molecule has 0 radical (unpaired) electrons. The van der Waals surface area contributed by atoms with Crippen LogP contribution in [0.15, 0.2) is 30.7 Å². The average Bonchev–Trinajstić information content (AvgIpc) is 2.82. The van der Waals surface area contributed by atoms with E-state index in [1.165, 1.54) is 24.5 Å². The van der Waals surface area contributed by atoms with Crippen LogP contribution in [0.25, 0.3) is 0 Å². The number of nitrogens with zero attached hydrogens (tertiary/aromatic N) is 1. The molecular weight excluding hydrogens is 222 g/mol. The third-order valence-electron chi connectivity index (χ3n) is 2.22. The summed E-state index contributed by atoms with van der Waals surface area (Å²) >= 11 is 0. The molecule has 17 heavy (non-hydrogen) atoms. The minimum atomic E-state index is -0.465. The highest BCUT2D eigenvalue weighted by Gasteiger charge is 2.11. The first-order valence-electron chi connectivity index (χ1n) is 4.94. The Morgan fingerprint density at radius 2 is 2.24 bits per heavy atom. The molecule has 2 rings (SSSR count). The number of phenolic OH excluding ortho intramolecular Hbond substituents is 2. The molecule has 0 bridgehead atoms. The maximum Gasteiger partial charge on any atom is 0.255 e. The summed E-state index contributed by atoms with van der Waals surface area (Å²) in [5.74, 6) is -0.715. The van der Waals surface area contributed by atoms with E-state index in [1.54, 1.807) is 6.20 Å². The molecule has 6 heteroatoms. The molecule has 0 aliphatic carbocycles. The number of imidazole rings is 1. The van der Waals surface area contributed by atoms with Gasteiger partial charge in [0.15, 0.2) is 0 Å². The average molecular weight is 233 g/mol. The normalized spacial score (nSPS) is 10.1. The number of aromatic hydroxyl groups is 2. The standard InChI is InChI=1S/C11H11N3O3/c15-8-1-2-10(16)9(3-8)11(17)13-5-7-4-12-6-14-7/h1-4,6,15-16H,5H2,(H,12,14)(H,13,17). The van der Waals surface area contributed by atoms with Crippen LogP contribution in [-0.2, 0) is 6.54 Å². The van der Waals surface area contributed by atoms with E-state index >= 15 is 0 Å². The number of benzene rings is 1. The van der Waals surface area contributed by atoms with Crippen molar-refractivity contribution in [2.24, 2.45) is 0 Å². The van der Waals surface area contributed by atoms with E-state index < -0.39 is 5.91 Å². The molecule has 0 fully saturated rings. The van der Waals surface area contributed by atoms with Gasteiger partial charge in [0, 0.05) is 6.20 Å². The Morgan fingerprint density at radius 1 is 1.41 bits per heavy atom. The zero-order valence-corrected chi connectivity index (χ0v) is 8.84. The van der Waals surface area contributed by atoms with Crippen molar-refractivity contribution in [2.75, 3.05) is 0 Å². The topological polar surface area (TPSA) is 98.2 Å². The van der Waals surface area contributed by atoms with E-state index in [0.717, 1.165) is 5.69 Å². The Kier molecular flexibility index (Phi) is 2.95. The highest BCUT2D eigenvalue weighted by atomic mass is 16.3. The van der Waals surface area contributed by atoms with Crippen LogP contribution in [0, 0.1) is 0 Å². The second kappa shape index (κ2) is 4.56. The zero-order valence-electron chi connectivity index (χ0n) is 8.84. The minimum Gasteiger partial charge on any atom is -0.508 e. The lowest BCUT2D eigenvalue weighted by atomic mass is 10.2. The number of hydrogen-bond donors (Lipinski definition) is 4. The molecule has 88 valence electrons. The van der Waals surface area contributed by atoms with Crippen molar-refractivity contribution in [2.45, 2.75) is 6.54 Å². The van der Waals surface area contributed by atoms with Gasteiger partial charge in [-0.05, 0) is 18.2 Å². The first-order valence-corrected chi connectivity index (χ1v) is 4.94. The summed E-state index contributed by atoms with van der Waals surface area (Å²) in [4.78, 5) is 18.3. The summed E-state index contributed by atoms with van der Waals surface area (Å²) in [6.07, 6.45) is 3.09. The van der Waals surface area contributed by atoms with Gasteiger partial charge in [0.2, 0.25) is 0 Å². The minimum absolute atomic E-state index is 0.0320. The number of hydrogen-bond acceptors (Lipinski definition) is 4. The molecule has 6 nitrogen and oxygen atoms in total. The lowest BCUT2D eigenvalue weighted by Crippen LogP contribution is -2.22. The molecule has 0 saturated carbocycles. The molecule has 0 aliphatic rings. The van der Waals surface area contributed by atoms with Gasteiger partial charge in [0.05, 0.1) is 24.1 Å². The molecule has 0 atom stereocenters. The molecule has 1 amide bonds. The second-order valence-electron chi connectivity index (χ2n) is 3.46. The fraction of sp³-hybridized carbons (Fsp3) is 0.0909. The van der Waals surface area contributed by atoms with E-state index in [1.807, 2.05) is 0 Å². The molecule has 2 aromatic rings. The smallest absolute Gasteiger partial charge is 0.255 e. The van der Waals surface area contributed by atoms with Gasteiger partial charge in [-0.2, -0.15) is 0 Å². The highest BCUT2D eigenvalue weighted by Crippen LogP contribution is 2.21. The number of aromatic amines is 1. The Bertz CT molecular complexity index is 523. The van der Waals surface area contributed by atoms with Crippen molar-refractivity contribution in [1.82, 2.24) is 15.3 Å². The molecule has 0 unspecified atom stereocenters. The zero-order chi connectivity index (χ0) is 12.3. The van der Waals surface area contributed by atoms with Crippen molar-refractivity contribution in [1.29, 1.82) is 0 Å². The second-order valence-corrected chi connectivity index (χ2v) is 3.46. The van der Waals surface area contributed by atoms with Crippen LogP contribution in [0.3, 0.4) is 0 Å². The van der Waals surface area contributed by atoms with E-state index in [-0.39, 0.29) is 23.6 Å². The lowest BCUT2D eigenvalue weighted by Gasteiger charge is -2.06. The van der Waals surface area contributed by atoms with E-state index in [0.29, 0.717) is 0 Å². The summed E-state index contributed by atoms with van der Waals surface area (Å²) in [6.45, 7) is 0.272. The first-order chi connectivity index (χ1) is 8.16. The third-order valence-corrected chi connectivity index (χ3v) is 2.22. The van der Waals surface area contributed by atoms with Gasteiger partial charge in [-0.15, -0.1) is 0 Å². The van der Waals surface area contributed by atoms with Gasteiger partial charge in [-0.3, -0.25) is 4.79 Å². The van der Waals surface area contributed by atoms with Crippen molar-refractivity contribution in [3.63, 3.8) is 0 Å². The SMILES string of the molecule is O=C(NCc1cnc[nH]1)c1cc(O)ccc1O. The summed E-state index contributed by atoms with van der Waals surface area (Å²) in [5, 5.41) is 21.3. The van der Waals surface area contributed by atoms with Crippen LogP contribution in [0.4, 0.5) is 0 Å². The summed E-state index contributed by atoms with van der Waals surface area (Å²) in [5.41, 5.74) is 0.780. The first kappa shape index (κ1) is 11.0. The molecule has 0 aliphatic heterocycles. The van der Waals surface area contributed by atoms with Crippen molar-refractivity contribution in [3.8, 4) is 11.5 Å². The van der Waals surface area contributed by atoms with Gasteiger partial charge in [-0.25, -0.2) is 4.98 Å². The van der Waals surface area contributed by atoms with Crippen molar-refractivity contribution >= 4 is 5.91 Å². The van der Waals surface area contributed by atoms with Gasteiger partial charge >= 0.3 is 0 Å². The largest absolute Gasteiger partial charge is 0.508 e. The number of carbonyl (C=O) groups is 1. The van der Waals surface area contributed by atoms with E-state index in [9.17, 15) is 15.0 Å². The van der Waals surface area contributed by atoms with E-state index in [4.69, 9.17) is 0 Å². The van der Waals surface area contributed by atoms with Crippen molar-refractivity contribution < 1.29 is 15.0 Å². The number of rotatable bonds is 3. The monoisotopic (exact) mass is 233 g/mol. The van der Waals surface area contributed by atoms with Crippen LogP contribution in [0.2, 0.25) is 0 Å². The Balaban J connectivity index is 2.07. The summed E-state index contributed by atoms with van der Waals surface area (Å²) < 4.78 is 0. The van der Waals surface area contributed by atoms with Crippen molar-refractivity contribution in [3.05, 3.63) is 42.0 Å². The maximum atomic E-state index is 11.7. The molecule has 0 saturated heterocycles. The Morgan fingerprint density at radius 3 is 2.94 bits per heavy atom. The van der Waals surface area contributed by atoms with Gasteiger partial charge in [0.1, 0.15) is 11.5 Å². The summed E-state index contributed by atoms with van der Waals surface area (Å²) in [6, 6.07) is 3.78. The fourth-order valence-electron chi connectivity index (χ4n) is 1.36. The lowest BCUT2D eigenvalue weighted by molar-refractivity contribution is 0.0947. The third kappa shape index (κ3) is 2.54. The number of H-pyrrole nitrogens is 1. The maximum absolute atomic E-state index is 11.7. The van der Waals surface area contributed by atoms with Crippen LogP contribution >= 0.6 is 0 Å². The van der Waals surface area contributed by atoms with Gasteiger partial charge in [-0.1, -0.05) is 0 Å². The number of amides is 1. The molecular formula is C11H11N3O3. The summed E-state index contributed by atoms with van der Waals surface area (Å²) in [7, 11) is 0. The number of phenols is 2. The molecule has 1 aromatic carbocycles. The van der Waals surface area contributed by atoms with E-state index in [2.05, 4.69) is 15.3 Å². The number of carbonyl (C=O) groups excluding carboxylic acids is 1. The van der Waals surface area contributed by atoms with Crippen LogP contribution in [0.5, 0.6) is 11.5 Å². The molecule has 0 spiro atoms. The number of nitrogens with one attached hydrogen (secondary N) is 2. The molecule has 1 aromatic heterocycles. The Labute approximate surface area is 96.9 Å². The van der Waals surface area contributed by atoms with Crippen LogP contribution < -0.4 is 5.32 Å². The predicted octanol–water partition coefficient (Wildman–Crippen LogP) is 0.751. The van der Waals surface area contributed by atoms with Gasteiger partial charge in [0.25, 0.3) is 5.91 Å². The number of aromatic nitrogens is 2. The molecule has 4 N–H and O–H groups in total. The quantitative estimate of drug-likeness (QED) is 0.588.